The Morgan fingerprint density at radius 1 is 1.47 bits per heavy atom. The molecular formula is C13H19FN2O. The number of nitrogens with one attached hydrogen (secondary N) is 1. The molecule has 2 rings (SSSR count). The van der Waals surface area contributed by atoms with Crippen LogP contribution in [0.1, 0.15) is 19.4 Å². The molecule has 17 heavy (non-hydrogen) atoms. The zero-order valence-corrected chi connectivity index (χ0v) is 10.3. The molecule has 1 aromatic carbocycles. The molecule has 0 spiro atoms. The van der Waals surface area contributed by atoms with Gasteiger partial charge >= 0.3 is 0 Å². The average molecular weight is 238 g/mol. The first-order chi connectivity index (χ1) is 8.06. The largest absolute Gasteiger partial charge is 0.508 e. The molecule has 2 N–H and O–H groups in total. The topological polar surface area (TPSA) is 35.5 Å². The van der Waals surface area contributed by atoms with E-state index >= 15 is 0 Å². The Morgan fingerprint density at radius 2 is 2.24 bits per heavy atom. The van der Waals surface area contributed by atoms with Crippen molar-refractivity contribution in [2.45, 2.75) is 32.5 Å². The molecule has 4 heteroatoms. The molecule has 0 aliphatic carbocycles. The van der Waals surface area contributed by atoms with Gasteiger partial charge in [0.25, 0.3) is 0 Å². The van der Waals surface area contributed by atoms with E-state index in [0.717, 1.165) is 13.1 Å². The Hall–Kier alpha value is -1.13. The van der Waals surface area contributed by atoms with Crippen LogP contribution in [0.3, 0.4) is 0 Å². The van der Waals surface area contributed by atoms with Crippen LogP contribution in [0.4, 0.5) is 4.39 Å². The molecule has 2 atom stereocenters. The van der Waals surface area contributed by atoms with E-state index in [0.29, 0.717) is 24.2 Å². The molecule has 0 saturated carbocycles. The van der Waals surface area contributed by atoms with Crippen molar-refractivity contribution < 1.29 is 9.50 Å². The second-order valence-corrected chi connectivity index (χ2v) is 4.86. The SMILES string of the molecule is CC1CN(Cc2cc(F)ccc2O)C(C)CN1. The van der Waals surface area contributed by atoms with Crippen LogP contribution < -0.4 is 5.32 Å². The molecule has 0 aromatic heterocycles. The van der Waals surface area contributed by atoms with Gasteiger partial charge in [-0.2, -0.15) is 0 Å². The van der Waals surface area contributed by atoms with E-state index in [4.69, 9.17) is 0 Å². The molecule has 1 aliphatic rings. The molecule has 1 aromatic rings. The highest BCUT2D eigenvalue weighted by molar-refractivity contribution is 5.32. The van der Waals surface area contributed by atoms with Gasteiger partial charge in [0, 0.05) is 37.3 Å². The first-order valence-corrected chi connectivity index (χ1v) is 6.01. The van der Waals surface area contributed by atoms with Crippen molar-refractivity contribution in [3.63, 3.8) is 0 Å². The normalized spacial score (nSPS) is 26.1. The summed E-state index contributed by atoms with van der Waals surface area (Å²) in [4.78, 5) is 2.26. The summed E-state index contributed by atoms with van der Waals surface area (Å²) >= 11 is 0. The summed E-state index contributed by atoms with van der Waals surface area (Å²) in [6.45, 7) is 6.70. The number of nitrogens with zero attached hydrogens (tertiary/aromatic N) is 1. The Labute approximate surface area is 101 Å². The van der Waals surface area contributed by atoms with E-state index < -0.39 is 0 Å². The number of rotatable bonds is 2. The maximum Gasteiger partial charge on any atom is 0.123 e. The number of halogens is 1. The van der Waals surface area contributed by atoms with Crippen molar-refractivity contribution in [3.8, 4) is 5.75 Å². The highest BCUT2D eigenvalue weighted by Gasteiger charge is 2.23. The minimum absolute atomic E-state index is 0.171. The summed E-state index contributed by atoms with van der Waals surface area (Å²) in [6, 6.07) is 4.94. The Balaban J connectivity index is 2.11. The van der Waals surface area contributed by atoms with Gasteiger partial charge in [-0.25, -0.2) is 4.39 Å². The van der Waals surface area contributed by atoms with Crippen molar-refractivity contribution in [2.24, 2.45) is 0 Å². The zero-order valence-electron chi connectivity index (χ0n) is 10.3. The van der Waals surface area contributed by atoms with Gasteiger partial charge in [-0.1, -0.05) is 0 Å². The standard InChI is InChI=1S/C13H19FN2O/c1-9-7-16(10(2)6-15-9)8-11-5-12(14)3-4-13(11)17/h3-5,9-10,15,17H,6-8H2,1-2H3. The van der Waals surface area contributed by atoms with Crippen molar-refractivity contribution in [3.05, 3.63) is 29.6 Å². The molecule has 3 nitrogen and oxygen atoms in total. The number of hydrogen-bond acceptors (Lipinski definition) is 3. The summed E-state index contributed by atoms with van der Waals surface area (Å²) in [5, 5.41) is 13.1. The van der Waals surface area contributed by atoms with E-state index in [9.17, 15) is 9.50 Å². The third-order valence-electron chi connectivity index (χ3n) is 3.31. The first-order valence-electron chi connectivity index (χ1n) is 6.01. The van der Waals surface area contributed by atoms with Crippen LogP contribution in [0, 0.1) is 5.82 Å². The quantitative estimate of drug-likeness (QED) is 0.823. The lowest BCUT2D eigenvalue weighted by Gasteiger charge is -2.37. The highest BCUT2D eigenvalue weighted by atomic mass is 19.1. The van der Waals surface area contributed by atoms with Crippen molar-refractivity contribution in [1.82, 2.24) is 10.2 Å². The first kappa shape index (κ1) is 12.3. The van der Waals surface area contributed by atoms with E-state index in [1.54, 1.807) is 0 Å². The highest BCUT2D eigenvalue weighted by Crippen LogP contribution is 2.21. The monoisotopic (exact) mass is 238 g/mol. The number of phenols is 1. The maximum absolute atomic E-state index is 13.1. The lowest BCUT2D eigenvalue weighted by molar-refractivity contribution is 0.137. The van der Waals surface area contributed by atoms with E-state index in [2.05, 4.69) is 24.1 Å². The average Bonchev–Trinajstić information content (AvgIpc) is 2.28. The minimum atomic E-state index is -0.298. The van der Waals surface area contributed by atoms with Crippen LogP contribution >= 0.6 is 0 Å². The fourth-order valence-electron chi connectivity index (χ4n) is 2.22. The molecule has 1 aliphatic heterocycles. The smallest absolute Gasteiger partial charge is 0.123 e. The minimum Gasteiger partial charge on any atom is -0.508 e. The summed E-state index contributed by atoms with van der Waals surface area (Å²) < 4.78 is 13.1. The van der Waals surface area contributed by atoms with E-state index in [1.807, 2.05) is 0 Å². The summed E-state index contributed by atoms with van der Waals surface area (Å²) in [7, 11) is 0. The van der Waals surface area contributed by atoms with E-state index in [-0.39, 0.29) is 11.6 Å². The van der Waals surface area contributed by atoms with Gasteiger partial charge in [0.1, 0.15) is 11.6 Å². The van der Waals surface area contributed by atoms with Gasteiger partial charge < -0.3 is 10.4 Å². The van der Waals surface area contributed by atoms with Crippen LogP contribution in [0.2, 0.25) is 0 Å². The third kappa shape index (κ3) is 2.96. The lowest BCUT2D eigenvalue weighted by Crippen LogP contribution is -2.53. The summed E-state index contributed by atoms with van der Waals surface area (Å²) in [6.07, 6.45) is 0. The number of piperazine rings is 1. The van der Waals surface area contributed by atoms with Gasteiger partial charge in [-0.05, 0) is 32.0 Å². The molecule has 0 radical (unpaired) electrons. The molecule has 0 amide bonds. The molecule has 1 heterocycles. The predicted octanol–water partition coefficient (Wildman–Crippen LogP) is 1.71. The van der Waals surface area contributed by atoms with Crippen LogP contribution in [0.15, 0.2) is 18.2 Å². The van der Waals surface area contributed by atoms with E-state index in [1.165, 1.54) is 18.2 Å². The molecule has 1 saturated heterocycles. The van der Waals surface area contributed by atoms with Gasteiger partial charge in [0.05, 0.1) is 0 Å². The summed E-state index contributed by atoms with van der Waals surface area (Å²) in [5.74, 6) is -0.126. The Kier molecular flexibility index (Phi) is 3.64. The van der Waals surface area contributed by atoms with Crippen LogP contribution in [0.5, 0.6) is 5.75 Å². The van der Waals surface area contributed by atoms with Gasteiger partial charge in [0.2, 0.25) is 0 Å². The number of phenolic OH excluding ortho intramolecular Hbond substituents is 1. The van der Waals surface area contributed by atoms with Gasteiger partial charge in [0.15, 0.2) is 0 Å². The molecule has 94 valence electrons. The van der Waals surface area contributed by atoms with Gasteiger partial charge in [-0.15, -0.1) is 0 Å². The van der Waals surface area contributed by atoms with Crippen LogP contribution in [0.25, 0.3) is 0 Å². The van der Waals surface area contributed by atoms with Crippen LogP contribution in [-0.4, -0.2) is 35.2 Å². The zero-order chi connectivity index (χ0) is 12.4. The number of benzene rings is 1. The lowest BCUT2D eigenvalue weighted by atomic mass is 10.1. The predicted molar refractivity (Wildman–Crippen MR) is 65.4 cm³/mol. The third-order valence-corrected chi connectivity index (χ3v) is 3.31. The fraction of sp³-hybridized carbons (Fsp3) is 0.538. The summed E-state index contributed by atoms with van der Waals surface area (Å²) in [5.41, 5.74) is 0.658. The van der Waals surface area contributed by atoms with Crippen LogP contribution in [-0.2, 0) is 6.54 Å². The van der Waals surface area contributed by atoms with Gasteiger partial charge in [-0.3, -0.25) is 4.90 Å². The Morgan fingerprint density at radius 3 is 3.00 bits per heavy atom. The second kappa shape index (κ2) is 5.02. The van der Waals surface area contributed by atoms with Crippen molar-refractivity contribution in [1.29, 1.82) is 0 Å². The van der Waals surface area contributed by atoms with Crippen molar-refractivity contribution in [2.75, 3.05) is 13.1 Å². The number of hydrogen-bond donors (Lipinski definition) is 2. The molecule has 0 bridgehead atoms. The fourth-order valence-corrected chi connectivity index (χ4v) is 2.22. The number of aromatic hydroxyl groups is 1. The molecule has 2 unspecified atom stereocenters. The second-order valence-electron chi connectivity index (χ2n) is 4.86. The van der Waals surface area contributed by atoms with Crippen molar-refractivity contribution >= 4 is 0 Å². The maximum atomic E-state index is 13.1. The Bertz CT molecular complexity index is 397. The molecule has 1 fully saturated rings. The molecular weight excluding hydrogens is 219 g/mol.